The van der Waals surface area contributed by atoms with Crippen LogP contribution in [0.5, 0.6) is 11.5 Å². The molecule has 1 aliphatic rings. The van der Waals surface area contributed by atoms with Crippen LogP contribution < -0.4 is 14.8 Å². The van der Waals surface area contributed by atoms with Gasteiger partial charge in [0.2, 0.25) is 5.91 Å². The largest absolute Gasteiger partial charge is 0.497 e. The summed E-state index contributed by atoms with van der Waals surface area (Å²) >= 11 is 0. The van der Waals surface area contributed by atoms with Gasteiger partial charge in [0, 0.05) is 35.6 Å². The molecule has 184 valence electrons. The molecule has 2 amide bonds. The Bertz CT molecular complexity index is 1420. The van der Waals surface area contributed by atoms with Crippen molar-refractivity contribution >= 4 is 22.7 Å². The van der Waals surface area contributed by atoms with Crippen LogP contribution in [0.25, 0.3) is 10.9 Å². The van der Waals surface area contributed by atoms with Gasteiger partial charge >= 0.3 is 0 Å². The van der Waals surface area contributed by atoms with Gasteiger partial charge in [0.25, 0.3) is 5.91 Å². The fourth-order valence-electron chi connectivity index (χ4n) is 5.01. The second kappa shape index (κ2) is 9.77. The lowest BCUT2D eigenvalue weighted by Crippen LogP contribution is -2.39. The van der Waals surface area contributed by atoms with Crippen molar-refractivity contribution in [3.8, 4) is 11.5 Å². The Morgan fingerprint density at radius 1 is 1.00 bits per heavy atom. The van der Waals surface area contributed by atoms with Crippen molar-refractivity contribution in [3.05, 3.63) is 95.2 Å². The predicted octanol–water partition coefficient (Wildman–Crippen LogP) is 4.45. The summed E-state index contributed by atoms with van der Waals surface area (Å²) in [5.41, 5.74) is 4.35. The van der Waals surface area contributed by atoms with E-state index in [0.29, 0.717) is 18.8 Å². The van der Waals surface area contributed by atoms with E-state index < -0.39 is 0 Å². The van der Waals surface area contributed by atoms with Gasteiger partial charge in [-0.05, 0) is 36.8 Å². The maximum absolute atomic E-state index is 13.7. The number of hydrogen-bond donors (Lipinski definition) is 1. The summed E-state index contributed by atoms with van der Waals surface area (Å²) < 4.78 is 12.9. The number of carbonyl (C=O) groups excluding carboxylic acids is 2. The number of aromatic nitrogens is 1. The van der Waals surface area contributed by atoms with E-state index in [4.69, 9.17) is 9.47 Å². The maximum Gasteiger partial charge on any atom is 0.272 e. The zero-order valence-corrected chi connectivity index (χ0v) is 20.7. The Balaban J connectivity index is 1.46. The first-order chi connectivity index (χ1) is 17.5. The van der Waals surface area contributed by atoms with Crippen molar-refractivity contribution in [1.29, 1.82) is 0 Å². The van der Waals surface area contributed by atoms with Crippen LogP contribution in [-0.2, 0) is 18.4 Å². The summed E-state index contributed by atoms with van der Waals surface area (Å²) in [6.45, 7) is 2.73. The van der Waals surface area contributed by atoms with Gasteiger partial charge < -0.3 is 24.3 Å². The van der Waals surface area contributed by atoms with E-state index in [-0.39, 0.29) is 24.4 Å². The monoisotopic (exact) mass is 483 g/mol. The molecule has 3 aromatic carbocycles. The van der Waals surface area contributed by atoms with Crippen molar-refractivity contribution < 1.29 is 19.1 Å². The zero-order chi connectivity index (χ0) is 25.2. The van der Waals surface area contributed by atoms with E-state index in [1.165, 1.54) is 0 Å². The molecule has 0 saturated heterocycles. The van der Waals surface area contributed by atoms with Gasteiger partial charge in [-0.25, -0.2) is 0 Å². The molecular formula is C29H29N3O4. The number of ether oxygens (including phenoxy) is 2. The first kappa shape index (κ1) is 23.5. The molecule has 4 aromatic rings. The Hall–Kier alpha value is -4.26. The molecule has 1 atom stereocenters. The number of amides is 2. The fourth-order valence-corrected chi connectivity index (χ4v) is 5.01. The van der Waals surface area contributed by atoms with Crippen LogP contribution in [0.3, 0.4) is 0 Å². The van der Waals surface area contributed by atoms with Crippen LogP contribution in [0, 0.1) is 0 Å². The van der Waals surface area contributed by atoms with Gasteiger partial charge in [-0.15, -0.1) is 0 Å². The average Bonchev–Trinajstić information content (AvgIpc) is 3.35. The summed E-state index contributed by atoms with van der Waals surface area (Å²) in [6, 6.07) is 22.9. The van der Waals surface area contributed by atoms with Gasteiger partial charge in [0.05, 0.1) is 19.8 Å². The Kier molecular flexibility index (Phi) is 6.38. The number of para-hydroxylation sites is 2. The van der Waals surface area contributed by atoms with E-state index in [0.717, 1.165) is 39.1 Å². The van der Waals surface area contributed by atoms with Gasteiger partial charge in [0.1, 0.15) is 23.7 Å². The highest BCUT2D eigenvalue weighted by molar-refractivity contribution is 6.07. The highest BCUT2D eigenvalue weighted by Crippen LogP contribution is 2.44. The van der Waals surface area contributed by atoms with Gasteiger partial charge in [0.15, 0.2) is 0 Å². The second-order valence-corrected chi connectivity index (χ2v) is 8.76. The number of benzene rings is 3. The van der Waals surface area contributed by atoms with Gasteiger partial charge in [-0.2, -0.15) is 0 Å². The molecule has 0 saturated carbocycles. The Labute approximate surface area is 210 Å². The molecule has 7 heteroatoms. The lowest BCUT2D eigenvalue weighted by molar-refractivity contribution is -0.122. The van der Waals surface area contributed by atoms with Crippen molar-refractivity contribution in [2.24, 2.45) is 7.05 Å². The molecule has 5 rings (SSSR count). The summed E-state index contributed by atoms with van der Waals surface area (Å²) in [5.74, 6) is 1.09. The van der Waals surface area contributed by atoms with E-state index in [1.807, 2.05) is 91.3 Å². The number of fused-ring (bicyclic) bond motifs is 3. The predicted molar refractivity (Wildman–Crippen MR) is 138 cm³/mol. The third-order valence-corrected chi connectivity index (χ3v) is 6.69. The van der Waals surface area contributed by atoms with Crippen LogP contribution in [0.2, 0.25) is 0 Å². The third-order valence-electron chi connectivity index (χ3n) is 6.69. The van der Waals surface area contributed by atoms with Crippen LogP contribution in [0.4, 0.5) is 0 Å². The minimum atomic E-state index is -0.383. The van der Waals surface area contributed by atoms with Gasteiger partial charge in [-0.3, -0.25) is 9.59 Å². The zero-order valence-electron chi connectivity index (χ0n) is 20.7. The van der Waals surface area contributed by atoms with E-state index in [1.54, 1.807) is 12.0 Å². The molecule has 1 unspecified atom stereocenters. The minimum absolute atomic E-state index is 0.0602. The number of hydrogen-bond acceptors (Lipinski definition) is 4. The van der Waals surface area contributed by atoms with Crippen LogP contribution in [0.1, 0.15) is 40.1 Å². The van der Waals surface area contributed by atoms with Crippen LogP contribution in [0.15, 0.2) is 72.8 Å². The maximum atomic E-state index is 13.7. The second-order valence-electron chi connectivity index (χ2n) is 8.76. The number of aryl methyl sites for hydroxylation is 1. The van der Waals surface area contributed by atoms with E-state index >= 15 is 0 Å². The minimum Gasteiger partial charge on any atom is -0.497 e. The van der Waals surface area contributed by atoms with Crippen LogP contribution in [-0.4, -0.2) is 41.5 Å². The van der Waals surface area contributed by atoms with Crippen LogP contribution >= 0.6 is 0 Å². The average molecular weight is 484 g/mol. The Morgan fingerprint density at radius 2 is 1.72 bits per heavy atom. The quantitative estimate of drug-likeness (QED) is 0.402. The van der Waals surface area contributed by atoms with Gasteiger partial charge in [-0.1, -0.05) is 48.5 Å². The molecule has 1 N–H and O–H groups in total. The standard InChI is InChI=1S/C29H29N3O4/c1-4-36-24-12-8-5-9-20(24)17-30-25(33)18-32-27(19-13-15-21(35-3)16-14-19)26-22-10-6-7-11-23(22)31(2)28(26)29(32)34/h5-16,27H,4,17-18H2,1-3H3,(H,30,33). The first-order valence-corrected chi connectivity index (χ1v) is 12.0. The highest BCUT2D eigenvalue weighted by atomic mass is 16.5. The number of nitrogens with one attached hydrogen (secondary N) is 1. The fraction of sp³-hybridized carbons (Fsp3) is 0.241. The number of rotatable bonds is 8. The summed E-state index contributed by atoms with van der Waals surface area (Å²) in [6.07, 6.45) is 0. The van der Waals surface area contributed by atoms with Crippen molar-refractivity contribution in [3.63, 3.8) is 0 Å². The van der Waals surface area contributed by atoms with Crippen molar-refractivity contribution in [1.82, 2.24) is 14.8 Å². The summed E-state index contributed by atoms with van der Waals surface area (Å²) in [7, 11) is 3.52. The smallest absolute Gasteiger partial charge is 0.272 e. The van der Waals surface area contributed by atoms with E-state index in [9.17, 15) is 9.59 Å². The highest BCUT2D eigenvalue weighted by Gasteiger charge is 2.42. The molecule has 1 aliphatic heterocycles. The summed E-state index contributed by atoms with van der Waals surface area (Å²) in [4.78, 5) is 28.5. The lowest BCUT2D eigenvalue weighted by atomic mass is 9.98. The first-order valence-electron chi connectivity index (χ1n) is 12.0. The molecule has 2 heterocycles. The molecule has 0 radical (unpaired) electrons. The van der Waals surface area contributed by atoms with Crippen molar-refractivity contribution in [2.75, 3.05) is 20.3 Å². The lowest BCUT2D eigenvalue weighted by Gasteiger charge is -2.26. The number of carbonyl (C=O) groups is 2. The normalized spacial score (nSPS) is 14.7. The molecular weight excluding hydrogens is 454 g/mol. The third kappa shape index (κ3) is 4.06. The Morgan fingerprint density at radius 3 is 2.47 bits per heavy atom. The molecule has 0 bridgehead atoms. The van der Waals surface area contributed by atoms with Crippen molar-refractivity contribution in [2.45, 2.75) is 19.5 Å². The molecule has 7 nitrogen and oxygen atoms in total. The number of nitrogens with zero attached hydrogens (tertiary/aromatic N) is 2. The molecule has 36 heavy (non-hydrogen) atoms. The molecule has 0 spiro atoms. The molecule has 0 fully saturated rings. The topological polar surface area (TPSA) is 72.8 Å². The van der Waals surface area contributed by atoms with E-state index in [2.05, 4.69) is 5.32 Å². The molecule has 0 aliphatic carbocycles. The molecule has 1 aromatic heterocycles. The number of methoxy groups -OCH3 is 1. The SMILES string of the molecule is CCOc1ccccc1CNC(=O)CN1C(=O)c2c(c3ccccc3n2C)C1c1ccc(OC)cc1. The summed E-state index contributed by atoms with van der Waals surface area (Å²) in [5, 5.41) is 3.98.